The number of benzene rings is 2. The molecule has 4 rings (SSSR count). The smallest absolute Gasteiger partial charge is 0.497 e. The molecule has 2 heterocycles. The molecule has 0 saturated carbocycles. The first-order chi connectivity index (χ1) is 16.4. The van der Waals surface area contributed by atoms with E-state index >= 15 is 0 Å². The lowest BCUT2D eigenvalue weighted by Crippen LogP contribution is -2.44. The van der Waals surface area contributed by atoms with Crippen LogP contribution in [-0.4, -0.2) is 44.0 Å². The Hall–Kier alpha value is -2.88. The third-order valence-electron chi connectivity index (χ3n) is 5.64. The Balaban J connectivity index is 1.18. The van der Waals surface area contributed by atoms with Gasteiger partial charge in [0.2, 0.25) is 0 Å². The lowest BCUT2D eigenvalue weighted by molar-refractivity contribution is -0.274. The summed E-state index contributed by atoms with van der Waals surface area (Å²) in [6, 6.07) is 13.7. The summed E-state index contributed by atoms with van der Waals surface area (Å²) >= 11 is 0. The van der Waals surface area contributed by atoms with Crippen molar-refractivity contribution in [3.63, 3.8) is 0 Å². The molecule has 0 unspecified atom stereocenters. The van der Waals surface area contributed by atoms with Gasteiger partial charge in [0.1, 0.15) is 11.5 Å². The molecule has 34 heavy (non-hydrogen) atoms. The second kappa shape index (κ2) is 11.0. The minimum absolute atomic E-state index is 0.0129. The molecule has 2 aromatic carbocycles. The van der Waals surface area contributed by atoms with Gasteiger partial charge in [-0.2, -0.15) is 0 Å². The van der Waals surface area contributed by atoms with Crippen molar-refractivity contribution in [1.29, 1.82) is 0 Å². The Morgan fingerprint density at radius 2 is 1.76 bits per heavy atom. The van der Waals surface area contributed by atoms with Gasteiger partial charge in [0.25, 0.3) is 0 Å². The van der Waals surface area contributed by atoms with Crippen LogP contribution in [-0.2, 0) is 22.4 Å². The number of alkyl halides is 3. The SMILES string of the molecule is COc1ccc2nccc(CCC[C@H]3OC[C@H](NCc4ccc(OC(F)(F)F)cc4)CO3)c2c1. The number of aromatic nitrogens is 1. The molecule has 0 aliphatic carbocycles. The summed E-state index contributed by atoms with van der Waals surface area (Å²) in [5, 5.41) is 4.40. The third-order valence-corrected chi connectivity index (χ3v) is 5.64. The standard InChI is InChI=1S/C25H27F3N2O4/c1-31-21-9-10-23-22(13-21)18(11-12-29-23)3-2-4-24-32-15-19(16-33-24)30-14-17-5-7-20(8-6-17)34-25(26,27)28/h5-13,19,24,30H,2-4,14-16H2,1H3/t19-,24-. The zero-order chi connectivity index (χ0) is 24.0. The number of hydrogen-bond donors (Lipinski definition) is 1. The van der Waals surface area contributed by atoms with Crippen LogP contribution in [0.5, 0.6) is 11.5 Å². The highest BCUT2D eigenvalue weighted by molar-refractivity contribution is 5.83. The number of ether oxygens (including phenoxy) is 4. The van der Waals surface area contributed by atoms with Gasteiger partial charge in [-0.3, -0.25) is 4.98 Å². The summed E-state index contributed by atoms with van der Waals surface area (Å²) in [5.41, 5.74) is 3.00. The Morgan fingerprint density at radius 1 is 1.03 bits per heavy atom. The third kappa shape index (κ3) is 6.82. The first-order valence-electron chi connectivity index (χ1n) is 11.1. The van der Waals surface area contributed by atoms with E-state index in [0.29, 0.717) is 19.8 Å². The van der Waals surface area contributed by atoms with E-state index in [-0.39, 0.29) is 18.1 Å². The van der Waals surface area contributed by atoms with Crippen LogP contribution in [0.15, 0.2) is 54.7 Å². The van der Waals surface area contributed by atoms with Gasteiger partial charge in [-0.1, -0.05) is 12.1 Å². The fourth-order valence-corrected chi connectivity index (χ4v) is 3.89. The lowest BCUT2D eigenvalue weighted by atomic mass is 10.0. The average Bonchev–Trinajstić information content (AvgIpc) is 2.83. The Labute approximate surface area is 196 Å². The van der Waals surface area contributed by atoms with Gasteiger partial charge in [0.05, 0.1) is 31.9 Å². The molecular weight excluding hydrogens is 449 g/mol. The maximum Gasteiger partial charge on any atom is 0.573 e. The summed E-state index contributed by atoms with van der Waals surface area (Å²) in [7, 11) is 1.65. The minimum Gasteiger partial charge on any atom is -0.497 e. The molecule has 6 nitrogen and oxygen atoms in total. The van der Waals surface area contributed by atoms with Crippen LogP contribution >= 0.6 is 0 Å². The largest absolute Gasteiger partial charge is 0.573 e. The van der Waals surface area contributed by atoms with Crippen LogP contribution in [0, 0.1) is 0 Å². The molecule has 1 aliphatic heterocycles. The molecule has 3 aromatic rings. The molecule has 1 aromatic heterocycles. The maximum absolute atomic E-state index is 12.2. The van der Waals surface area contributed by atoms with E-state index in [4.69, 9.17) is 14.2 Å². The number of nitrogens with zero attached hydrogens (tertiary/aromatic N) is 1. The molecular formula is C25H27F3N2O4. The summed E-state index contributed by atoms with van der Waals surface area (Å²) in [5.74, 6) is 0.576. The van der Waals surface area contributed by atoms with E-state index in [1.807, 2.05) is 30.5 Å². The summed E-state index contributed by atoms with van der Waals surface area (Å²) < 4.78 is 57.7. The second-order valence-electron chi connectivity index (χ2n) is 8.11. The quantitative estimate of drug-likeness (QED) is 0.469. The molecule has 1 N–H and O–H groups in total. The zero-order valence-corrected chi connectivity index (χ0v) is 18.8. The van der Waals surface area contributed by atoms with Crippen molar-refractivity contribution in [2.45, 2.75) is 44.5 Å². The molecule has 0 bridgehead atoms. The predicted octanol–water partition coefficient (Wildman–Crippen LogP) is 5.00. The monoisotopic (exact) mass is 476 g/mol. The number of halogens is 3. The van der Waals surface area contributed by atoms with Gasteiger partial charge in [-0.15, -0.1) is 13.2 Å². The lowest BCUT2D eigenvalue weighted by Gasteiger charge is -2.30. The fraction of sp³-hybridized carbons (Fsp3) is 0.400. The van der Waals surface area contributed by atoms with Crippen molar-refractivity contribution < 1.29 is 32.1 Å². The van der Waals surface area contributed by atoms with Crippen molar-refractivity contribution in [3.05, 3.63) is 65.9 Å². The summed E-state index contributed by atoms with van der Waals surface area (Å²) in [6.45, 7) is 1.51. The number of methoxy groups -OCH3 is 1. The highest BCUT2D eigenvalue weighted by Gasteiger charge is 2.31. The van der Waals surface area contributed by atoms with Gasteiger partial charge >= 0.3 is 6.36 Å². The normalized spacial score (nSPS) is 18.7. The Kier molecular flexibility index (Phi) is 7.87. The van der Waals surface area contributed by atoms with Crippen LogP contribution in [0.1, 0.15) is 24.0 Å². The van der Waals surface area contributed by atoms with E-state index in [0.717, 1.165) is 41.5 Å². The van der Waals surface area contributed by atoms with Crippen molar-refractivity contribution >= 4 is 10.9 Å². The van der Waals surface area contributed by atoms with Gasteiger partial charge < -0.3 is 24.3 Å². The molecule has 0 amide bonds. The van der Waals surface area contributed by atoms with Crippen LogP contribution in [0.2, 0.25) is 0 Å². The van der Waals surface area contributed by atoms with Crippen molar-refractivity contribution in [1.82, 2.24) is 10.3 Å². The van der Waals surface area contributed by atoms with Crippen LogP contribution < -0.4 is 14.8 Å². The van der Waals surface area contributed by atoms with E-state index < -0.39 is 6.36 Å². The molecule has 1 saturated heterocycles. The van der Waals surface area contributed by atoms with E-state index in [1.165, 1.54) is 17.7 Å². The minimum atomic E-state index is -4.69. The zero-order valence-electron chi connectivity index (χ0n) is 18.8. The topological polar surface area (TPSA) is 61.8 Å². The van der Waals surface area contributed by atoms with E-state index in [2.05, 4.69) is 15.0 Å². The van der Waals surface area contributed by atoms with Crippen molar-refractivity contribution in [2.24, 2.45) is 0 Å². The average molecular weight is 476 g/mol. The van der Waals surface area contributed by atoms with E-state index in [9.17, 15) is 13.2 Å². The Bertz CT molecular complexity index is 1070. The van der Waals surface area contributed by atoms with Gasteiger partial charge in [-0.05, 0) is 66.8 Å². The summed E-state index contributed by atoms with van der Waals surface area (Å²) in [6.07, 6.45) is -0.547. The molecule has 0 spiro atoms. The highest BCUT2D eigenvalue weighted by atomic mass is 19.4. The van der Waals surface area contributed by atoms with E-state index in [1.54, 1.807) is 19.2 Å². The number of hydrogen-bond acceptors (Lipinski definition) is 6. The molecule has 9 heteroatoms. The molecule has 1 aliphatic rings. The number of rotatable bonds is 9. The van der Waals surface area contributed by atoms with Crippen LogP contribution in [0.4, 0.5) is 13.2 Å². The molecule has 0 atom stereocenters. The second-order valence-corrected chi connectivity index (χ2v) is 8.11. The van der Waals surface area contributed by atoms with Crippen molar-refractivity contribution in [2.75, 3.05) is 20.3 Å². The highest BCUT2D eigenvalue weighted by Crippen LogP contribution is 2.25. The van der Waals surface area contributed by atoms with Crippen molar-refractivity contribution in [3.8, 4) is 11.5 Å². The molecule has 182 valence electrons. The predicted molar refractivity (Wildman–Crippen MR) is 121 cm³/mol. The number of nitrogens with one attached hydrogen (secondary N) is 1. The Morgan fingerprint density at radius 3 is 2.47 bits per heavy atom. The van der Waals surface area contributed by atoms with Crippen LogP contribution in [0.3, 0.4) is 0 Å². The molecule has 1 fully saturated rings. The van der Waals surface area contributed by atoms with Crippen LogP contribution in [0.25, 0.3) is 10.9 Å². The first-order valence-corrected chi connectivity index (χ1v) is 11.1. The van der Waals surface area contributed by atoms with Gasteiger partial charge in [-0.25, -0.2) is 0 Å². The molecule has 0 radical (unpaired) electrons. The summed E-state index contributed by atoms with van der Waals surface area (Å²) in [4.78, 5) is 4.42. The van der Waals surface area contributed by atoms with Gasteiger partial charge in [0.15, 0.2) is 6.29 Å². The fourth-order valence-electron chi connectivity index (χ4n) is 3.89. The maximum atomic E-state index is 12.2. The first kappa shape index (κ1) is 24.3. The van der Waals surface area contributed by atoms with Gasteiger partial charge in [0, 0.05) is 18.1 Å². The number of pyridine rings is 1. The number of fused-ring (bicyclic) bond motifs is 1. The number of aryl methyl sites for hydroxylation is 1.